The molecule has 2 aromatic heterocycles. The molecular formula is C11H10N4O3. The van der Waals surface area contributed by atoms with Gasteiger partial charge in [0.2, 0.25) is 5.91 Å². The number of anilines is 1. The van der Waals surface area contributed by atoms with Crippen molar-refractivity contribution in [2.75, 3.05) is 5.32 Å². The molecule has 0 saturated carbocycles. The van der Waals surface area contributed by atoms with E-state index in [0.29, 0.717) is 5.69 Å². The number of carbonyl (C=O) groups is 2. The maximum atomic E-state index is 11.6. The summed E-state index contributed by atoms with van der Waals surface area (Å²) in [7, 11) is 0. The van der Waals surface area contributed by atoms with Crippen molar-refractivity contribution in [3.8, 4) is 0 Å². The molecule has 0 aliphatic rings. The highest BCUT2D eigenvalue weighted by atomic mass is 16.4. The van der Waals surface area contributed by atoms with Crippen molar-refractivity contribution in [1.29, 1.82) is 0 Å². The lowest BCUT2D eigenvalue weighted by Gasteiger charge is -2.04. The number of nitrogens with one attached hydrogen (secondary N) is 1. The summed E-state index contributed by atoms with van der Waals surface area (Å²) >= 11 is 0. The largest absolute Gasteiger partial charge is 0.476 e. The van der Waals surface area contributed by atoms with Crippen molar-refractivity contribution < 1.29 is 14.7 Å². The zero-order valence-electron chi connectivity index (χ0n) is 9.28. The van der Waals surface area contributed by atoms with Crippen molar-refractivity contribution in [2.45, 2.75) is 6.54 Å². The summed E-state index contributed by atoms with van der Waals surface area (Å²) in [6, 6.07) is 4.65. The first-order valence-electron chi connectivity index (χ1n) is 5.12. The second-order valence-electron chi connectivity index (χ2n) is 3.49. The first-order valence-corrected chi connectivity index (χ1v) is 5.12. The fraction of sp³-hybridized carbons (Fsp3) is 0.0909. The van der Waals surface area contributed by atoms with E-state index in [-0.39, 0.29) is 18.1 Å². The van der Waals surface area contributed by atoms with Crippen LogP contribution in [0.5, 0.6) is 0 Å². The molecule has 92 valence electrons. The molecule has 7 nitrogen and oxygen atoms in total. The third kappa shape index (κ3) is 2.91. The Morgan fingerprint density at radius 3 is 2.61 bits per heavy atom. The van der Waals surface area contributed by atoms with Gasteiger partial charge in [-0.15, -0.1) is 0 Å². The van der Waals surface area contributed by atoms with E-state index in [1.165, 1.54) is 16.9 Å². The molecule has 2 N–H and O–H groups in total. The highest BCUT2D eigenvalue weighted by molar-refractivity contribution is 5.90. The molecular weight excluding hydrogens is 236 g/mol. The Kier molecular flexibility index (Phi) is 3.33. The molecule has 2 rings (SSSR count). The molecule has 0 radical (unpaired) electrons. The van der Waals surface area contributed by atoms with Gasteiger partial charge >= 0.3 is 5.97 Å². The van der Waals surface area contributed by atoms with Gasteiger partial charge in [-0.05, 0) is 18.2 Å². The van der Waals surface area contributed by atoms with Gasteiger partial charge in [-0.1, -0.05) is 0 Å². The number of carboxylic acids is 1. The number of hydrogen-bond donors (Lipinski definition) is 2. The van der Waals surface area contributed by atoms with Crippen LogP contribution in [-0.4, -0.2) is 31.7 Å². The molecule has 0 bridgehead atoms. The fourth-order valence-electron chi connectivity index (χ4n) is 1.35. The van der Waals surface area contributed by atoms with Crippen LogP contribution < -0.4 is 5.32 Å². The average Bonchev–Trinajstić information content (AvgIpc) is 2.78. The summed E-state index contributed by atoms with van der Waals surface area (Å²) in [4.78, 5) is 26.1. The smallest absolute Gasteiger partial charge is 0.356 e. The summed E-state index contributed by atoms with van der Waals surface area (Å²) in [5.74, 6) is -1.41. The highest BCUT2D eigenvalue weighted by Crippen LogP contribution is 2.03. The van der Waals surface area contributed by atoms with Crippen molar-refractivity contribution >= 4 is 17.6 Å². The van der Waals surface area contributed by atoms with Crippen LogP contribution in [0.2, 0.25) is 0 Å². The lowest BCUT2D eigenvalue weighted by molar-refractivity contribution is -0.116. The minimum Gasteiger partial charge on any atom is -0.476 e. The standard InChI is InChI=1S/C11H10N4O3/c16-10(13-8-1-4-12-5-2-8)7-15-6-3-9(14-15)11(17)18/h1-6H,7H2,(H,17,18)(H,12,13,16). The van der Waals surface area contributed by atoms with E-state index in [4.69, 9.17) is 5.11 Å². The van der Waals surface area contributed by atoms with E-state index in [1.807, 2.05) is 0 Å². The Morgan fingerprint density at radius 2 is 2.00 bits per heavy atom. The second kappa shape index (κ2) is 5.09. The molecule has 2 aromatic rings. The number of pyridine rings is 1. The van der Waals surface area contributed by atoms with Gasteiger partial charge in [-0.25, -0.2) is 4.79 Å². The van der Waals surface area contributed by atoms with Gasteiger partial charge in [0, 0.05) is 24.3 Å². The third-order valence-corrected chi connectivity index (χ3v) is 2.13. The minimum atomic E-state index is -1.12. The Bertz CT molecular complexity index is 565. The number of hydrogen-bond acceptors (Lipinski definition) is 4. The molecule has 7 heteroatoms. The summed E-state index contributed by atoms with van der Waals surface area (Å²) in [6.45, 7) is -0.0460. The van der Waals surface area contributed by atoms with Crippen LogP contribution >= 0.6 is 0 Å². The van der Waals surface area contributed by atoms with Crippen LogP contribution in [0, 0.1) is 0 Å². The summed E-state index contributed by atoms with van der Waals surface area (Å²) in [6.07, 6.45) is 4.56. The van der Waals surface area contributed by atoms with Crippen LogP contribution in [0.25, 0.3) is 0 Å². The number of aromatic nitrogens is 3. The molecule has 0 atom stereocenters. The monoisotopic (exact) mass is 246 g/mol. The van der Waals surface area contributed by atoms with Crippen molar-refractivity contribution in [1.82, 2.24) is 14.8 Å². The first-order chi connectivity index (χ1) is 8.65. The van der Waals surface area contributed by atoms with Gasteiger partial charge < -0.3 is 10.4 Å². The van der Waals surface area contributed by atoms with Crippen LogP contribution in [-0.2, 0) is 11.3 Å². The Balaban J connectivity index is 1.97. The quantitative estimate of drug-likeness (QED) is 0.824. The molecule has 0 aliphatic heterocycles. The average molecular weight is 246 g/mol. The van der Waals surface area contributed by atoms with Crippen LogP contribution in [0.3, 0.4) is 0 Å². The summed E-state index contributed by atoms with van der Waals surface area (Å²) in [5.41, 5.74) is 0.535. The highest BCUT2D eigenvalue weighted by Gasteiger charge is 2.09. The molecule has 0 unspecified atom stereocenters. The maximum Gasteiger partial charge on any atom is 0.356 e. The third-order valence-electron chi connectivity index (χ3n) is 2.13. The zero-order valence-corrected chi connectivity index (χ0v) is 9.28. The van der Waals surface area contributed by atoms with Gasteiger partial charge in [0.05, 0.1) is 0 Å². The Hall–Kier alpha value is -2.70. The molecule has 0 spiro atoms. The van der Waals surface area contributed by atoms with E-state index in [1.54, 1.807) is 24.5 Å². The molecule has 0 aliphatic carbocycles. The topological polar surface area (TPSA) is 97.1 Å². The van der Waals surface area contributed by atoms with Crippen LogP contribution in [0.15, 0.2) is 36.8 Å². The van der Waals surface area contributed by atoms with Gasteiger partial charge in [-0.3, -0.25) is 14.5 Å². The fourth-order valence-corrected chi connectivity index (χ4v) is 1.35. The molecule has 0 fully saturated rings. The van der Waals surface area contributed by atoms with E-state index < -0.39 is 5.97 Å². The van der Waals surface area contributed by atoms with Crippen molar-refractivity contribution in [3.05, 3.63) is 42.5 Å². The number of carboxylic acid groups (broad SMARTS) is 1. The molecule has 2 heterocycles. The number of nitrogens with zero attached hydrogens (tertiary/aromatic N) is 3. The predicted molar refractivity (Wildman–Crippen MR) is 62.1 cm³/mol. The van der Waals surface area contributed by atoms with Crippen LogP contribution in [0.1, 0.15) is 10.5 Å². The minimum absolute atomic E-state index is 0.0460. The summed E-state index contributed by atoms with van der Waals surface area (Å²) < 4.78 is 1.26. The lowest BCUT2D eigenvalue weighted by Crippen LogP contribution is -2.19. The first kappa shape index (κ1) is 11.8. The van der Waals surface area contributed by atoms with E-state index in [2.05, 4.69) is 15.4 Å². The molecule has 0 saturated heterocycles. The van der Waals surface area contributed by atoms with E-state index in [0.717, 1.165) is 0 Å². The van der Waals surface area contributed by atoms with Gasteiger partial charge in [0.1, 0.15) is 6.54 Å². The predicted octanol–water partition coefficient (Wildman–Crippen LogP) is 0.615. The van der Waals surface area contributed by atoms with Crippen molar-refractivity contribution in [2.24, 2.45) is 0 Å². The van der Waals surface area contributed by atoms with Gasteiger partial charge in [0.15, 0.2) is 5.69 Å². The Labute approximate surface area is 102 Å². The number of aromatic carboxylic acids is 1. The van der Waals surface area contributed by atoms with Crippen molar-refractivity contribution in [3.63, 3.8) is 0 Å². The molecule has 0 aromatic carbocycles. The van der Waals surface area contributed by atoms with Gasteiger partial charge in [-0.2, -0.15) is 5.10 Å². The summed E-state index contributed by atoms with van der Waals surface area (Å²) in [5, 5.41) is 15.1. The number of rotatable bonds is 4. The zero-order chi connectivity index (χ0) is 13.0. The SMILES string of the molecule is O=C(Cn1ccc(C(=O)O)n1)Nc1ccncc1. The van der Waals surface area contributed by atoms with Gasteiger partial charge in [0.25, 0.3) is 0 Å². The number of carbonyl (C=O) groups excluding carboxylic acids is 1. The molecule has 18 heavy (non-hydrogen) atoms. The van der Waals surface area contributed by atoms with Crippen LogP contribution in [0.4, 0.5) is 5.69 Å². The lowest BCUT2D eigenvalue weighted by atomic mass is 10.4. The Morgan fingerprint density at radius 1 is 1.28 bits per heavy atom. The maximum absolute atomic E-state index is 11.6. The van der Waals surface area contributed by atoms with E-state index in [9.17, 15) is 9.59 Å². The normalized spacial score (nSPS) is 10.0. The van der Waals surface area contributed by atoms with E-state index >= 15 is 0 Å². The number of amides is 1. The molecule has 1 amide bonds. The second-order valence-corrected chi connectivity index (χ2v) is 3.49.